The second-order valence-corrected chi connectivity index (χ2v) is 10.6. The largest absolute Gasteiger partial charge is 0.454 e. The number of rotatable bonds is 6. The van der Waals surface area contributed by atoms with E-state index in [0.29, 0.717) is 23.6 Å². The lowest BCUT2D eigenvalue weighted by atomic mass is 9.92. The van der Waals surface area contributed by atoms with Crippen molar-refractivity contribution in [1.82, 2.24) is 15.2 Å². The normalized spacial score (nSPS) is 16.2. The molecule has 2 aliphatic rings. The Labute approximate surface area is 237 Å². The summed E-state index contributed by atoms with van der Waals surface area (Å²) in [6.45, 7) is 4.36. The minimum absolute atomic E-state index is 0.156. The summed E-state index contributed by atoms with van der Waals surface area (Å²) in [5.74, 6) is 0.972. The average Bonchev–Trinajstić information content (AvgIpc) is 3.70. The van der Waals surface area contributed by atoms with Crippen molar-refractivity contribution in [3.8, 4) is 22.8 Å². The quantitative estimate of drug-likeness (QED) is 0.270. The molecule has 0 saturated heterocycles. The summed E-state index contributed by atoms with van der Waals surface area (Å²) < 4.78 is 10.9. The van der Waals surface area contributed by atoms with Gasteiger partial charge < -0.3 is 24.7 Å². The molecule has 7 rings (SSSR count). The molecule has 7 nitrogen and oxygen atoms in total. The maximum Gasteiger partial charge on any atom is 0.255 e. The number of carbonyl (C=O) groups excluding carboxylic acids is 2. The van der Waals surface area contributed by atoms with E-state index in [1.54, 1.807) is 11.8 Å². The fraction of sp³-hybridized carbons (Fsp3) is 0.176. The Morgan fingerprint density at radius 2 is 1.73 bits per heavy atom. The van der Waals surface area contributed by atoms with Crippen molar-refractivity contribution in [3.05, 3.63) is 119 Å². The average molecular weight is 544 g/mol. The van der Waals surface area contributed by atoms with Gasteiger partial charge in [-0.2, -0.15) is 0 Å². The van der Waals surface area contributed by atoms with E-state index in [-0.39, 0.29) is 18.6 Å². The number of hydrogen-bond donors (Lipinski definition) is 2. The van der Waals surface area contributed by atoms with E-state index < -0.39 is 12.1 Å². The molecule has 0 unspecified atom stereocenters. The molecule has 4 aromatic carbocycles. The number of fused-ring (bicyclic) bond motifs is 3. The Balaban J connectivity index is 1.28. The highest BCUT2D eigenvalue weighted by Crippen LogP contribution is 2.46. The maximum absolute atomic E-state index is 14.0. The standard InChI is InChI=1S/C34H29N3O4/c1-20-11-14-23(15-12-20)31-30(26-9-5-6-10-27(26)36-31)32-24-7-3-4-8-25(24)34(39)37(32)21(2)33(38)35-18-22-13-16-28-29(17-22)41-19-40-28/h3-17,21,32,36H,18-19H2,1-2H3,(H,35,38)/t21-,32+/m0/s1. The molecule has 41 heavy (non-hydrogen) atoms. The predicted octanol–water partition coefficient (Wildman–Crippen LogP) is 6.12. The Morgan fingerprint density at radius 3 is 2.59 bits per heavy atom. The number of amides is 2. The lowest BCUT2D eigenvalue weighted by Crippen LogP contribution is -2.46. The van der Waals surface area contributed by atoms with Crippen LogP contribution in [0.1, 0.15) is 45.6 Å². The highest BCUT2D eigenvalue weighted by molar-refractivity contribution is 6.04. The molecule has 2 aliphatic heterocycles. The highest BCUT2D eigenvalue weighted by Gasteiger charge is 2.44. The van der Waals surface area contributed by atoms with Crippen LogP contribution in [-0.2, 0) is 11.3 Å². The number of aryl methyl sites for hydroxylation is 1. The molecule has 0 radical (unpaired) electrons. The van der Waals surface area contributed by atoms with Gasteiger partial charge in [0.1, 0.15) is 6.04 Å². The summed E-state index contributed by atoms with van der Waals surface area (Å²) in [5, 5.41) is 4.06. The van der Waals surface area contributed by atoms with Gasteiger partial charge in [0.2, 0.25) is 12.7 Å². The van der Waals surface area contributed by atoms with Crippen molar-refractivity contribution in [2.24, 2.45) is 0 Å². The van der Waals surface area contributed by atoms with E-state index in [4.69, 9.17) is 9.47 Å². The van der Waals surface area contributed by atoms with Crippen LogP contribution in [0.5, 0.6) is 11.5 Å². The molecule has 0 aliphatic carbocycles. The summed E-state index contributed by atoms with van der Waals surface area (Å²) in [7, 11) is 0. The van der Waals surface area contributed by atoms with Crippen molar-refractivity contribution in [3.63, 3.8) is 0 Å². The zero-order valence-electron chi connectivity index (χ0n) is 22.8. The van der Waals surface area contributed by atoms with Gasteiger partial charge in [-0.05, 0) is 54.8 Å². The third-order valence-corrected chi connectivity index (χ3v) is 8.06. The van der Waals surface area contributed by atoms with Crippen molar-refractivity contribution in [2.45, 2.75) is 32.5 Å². The molecular formula is C34H29N3O4. The van der Waals surface area contributed by atoms with Crippen molar-refractivity contribution >= 4 is 22.7 Å². The zero-order chi connectivity index (χ0) is 28.1. The minimum atomic E-state index is -0.728. The molecule has 3 heterocycles. The van der Waals surface area contributed by atoms with Crippen LogP contribution in [0.4, 0.5) is 0 Å². The van der Waals surface area contributed by atoms with E-state index in [9.17, 15) is 9.59 Å². The first-order chi connectivity index (χ1) is 20.0. The molecule has 5 aromatic rings. The third-order valence-electron chi connectivity index (χ3n) is 8.06. The van der Waals surface area contributed by atoms with Gasteiger partial charge in [-0.25, -0.2) is 0 Å². The number of hydrogen-bond acceptors (Lipinski definition) is 4. The van der Waals surface area contributed by atoms with Crippen molar-refractivity contribution in [1.29, 1.82) is 0 Å². The maximum atomic E-state index is 14.0. The number of ether oxygens (including phenoxy) is 2. The molecule has 0 spiro atoms. The molecule has 204 valence electrons. The lowest BCUT2D eigenvalue weighted by Gasteiger charge is -2.31. The molecule has 0 fully saturated rings. The van der Waals surface area contributed by atoms with Gasteiger partial charge in [0, 0.05) is 28.6 Å². The first-order valence-electron chi connectivity index (χ1n) is 13.7. The zero-order valence-corrected chi connectivity index (χ0v) is 22.8. The number of carbonyl (C=O) groups is 2. The van der Waals surface area contributed by atoms with E-state index in [1.165, 1.54) is 5.56 Å². The van der Waals surface area contributed by atoms with Gasteiger partial charge in [0.05, 0.1) is 11.7 Å². The minimum Gasteiger partial charge on any atom is -0.454 e. The number of aromatic amines is 1. The molecule has 2 N–H and O–H groups in total. The van der Waals surface area contributed by atoms with Crippen molar-refractivity contribution in [2.75, 3.05) is 6.79 Å². The molecule has 1 aromatic heterocycles. The van der Waals surface area contributed by atoms with Crippen molar-refractivity contribution < 1.29 is 19.1 Å². The summed E-state index contributed by atoms with van der Waals surface area (Å²) in [6.07, 6.45) is 0. The first-order valence-corrected chi connectivity index (χ1v) is 13.7. The number of nitrogens with one attached hydrogen (secondary N) is 2. The van der Waals surface area contributed by atoms with E-state index >= 15 is 0 Å². The van der Waals surface area contributed by atoms with Crippen LogP contribution in [0.3, 0.4) is 0 Å². The van der Waals surface area contributed by atoms with Crippen LogP contribution in [0, 0.1) is 6.92 Å². The molecule has 2 amide bonds. The summed E-state index contributed by atoms with van der Waals surface area (Å²) in [6, 6.07) is 28.6. The van der Waals surface area contributed by atoms with Crippen LogP contribution in [0.25, 0.3) is 22.2 Å². The SMILES string of the molecule is Cc1ccc(-c2[nH]c3ccccc3c2[C@H]2c3ccccc3C(=O)N2[C@@H](C)C(=O)NCc2ccc3c(c2)OCO3)cc1. The van der Waals surface area contributed by atoms with Gasteiger partial charge in [0.15, 0.2) is 11.5 Å². The Kier molecular flexibility index (Phi) is 6.00. The number of para-hydroxylation sites is 1. The second kappa shape index (κ2) is 9.86. The Morgan fingerprint density at radius 1 is 0.976 bits per heavy atom. The van der Waals surface area contributed by atoms with Crippen LogP contribution in [0.15, 0.2) is 91.0 Å². The van der Waals surface area contributed by atoms with Gasteiger partial charge >= 0.3 is 0 Å². The summed E-state index contributed by atoms with van der Waals surface area (Å²) in [4.78, 5) is 33.0. The number of benzene rings is 4. The summed E-state index contributed by atoms with van der Waals surface area (Å²) >= 11 is 0. The molecule has 0 saturated carbocycles. The lowest BCUT2D eigenvalue weighted by molar-refractivity contribution is -0.125. The Bertz CT molecular complexity index is 1810. The van der Waals surface area contributed by atoms with Gasteiger partial charge in [0.25, 0.3) is 5.91 Å². The monoisotopic (exact) mass is 543 g/mol. The predicted molar refractivity (Wildman–Crippen MR) is 157 cm³/mol. The third kappa shape index (κ3) is 4.21. The molecular weight excluding hydrogens is 514 g/mol. The highest BCUT2D eigenvalue weighted by atomic mass is 16.7. The smallest absolute Gasteiger partial charge is 0.255 e. The number of aromatic nitrogens is 1. The Hall–Kier alpha value is -5.04. The number of H-pyrrole nitrogens is 1. The van der Waals surface area contributed by atoms with E-state index in [2.05, 4.69) is 47.6 Å². The molecule has 2 atom stereocenters. The van der Waals surface area contributed by atoms with Gasteiger partial charge in [-0.3, -0.25) is 9.59 Å². The summed E-state index contributed by atoms with van der Waals surface area (Å²) in [5.41, 5.74) is 7.51. The first kappa shape index (κ1) is 25.0. The fourth-order valence-corrected chi connectivity index (χ4v) is 5.94. The van der Waals surface area contributed by atoms with Crippen LogP contribution >= 0.6 is 0 Å². The van der Waals surface area contributed by atoms with Gasteiger partial charge in [-0.15, -0.1) is 0 Å². The van der Waals surface area contributed by atoms with Crippen LogP contribution < -0.4 is 14.8 Å². The number of nitrogens with zero attached hydrogens (tertiary/aromatic N) is 1. The molecule has 7 heteroatoms. The van der Waals surface area contributed by atoms with Crippen LogP contribution in [0.2, 0.25) is 0 Å². The molecule has 0 bridgehead atoms. The van der Waals surface area contributed by atoms with Crippen LogP contribution in [-0.4, -0.2) is 34.5 Å². The fourth-order valence-electron chi connectivity index (χ4n) is 5.94. The second-order valence-electron chi connectivity index (χ2n) is 10.6. The van der Waals surface area contributed by atoms with E-state index in [0.717, 1.165) is 38.9 Å². The topological polar surface area (TPSA) is 83.7 Å². The van der Waals surface area contributed by atoms with Gasteiger partial charge in [-0.1, -0.05) is 72.3 Å². The van der Waals surface area contributed by atoms with E-state index in [1.807, 2.05) is 60.7 Å².